The summed E-state index contributed by atoms with van der Waals surface area (Å²) < 4.78 is 10.6. The van der Waals surface area contributed by atoms with E-state index in [1.54, 1.807) is 14.2 Å². The molecule has 0 spiro atoms. The number of methoxy groups -OCH3 is 2. The third-order valence-electron chi connectivity index (χ3n) is 2.92. The smallest absolute Gasteiger partial charge is 0.127 e. The van der Waals surface area contributed by atoms with Crippen molar-refractivity contribution >= 4 is 0 Å². The second-order valence-corrected chi connectivity index (χ2v) is 4.59. The van der Waals surface area contributed by atoms with Crippen molar-refractivity contribution in [2.24, 2.45) is 0 Å². The van der Waals surface area contributed by atoms with Gasteiger partial charge in [0.25, 0.3) is 0 Å². The maximum atomic E-state index is 5.41. The van der Waals surface area contributed by atoms with Crippen molar-refractivity contribution in [1.82, 2.24) is 10.2 Å². The van der Waals surface area contributed by atoms with Crippen molar-refractivity contribution < 1.29 is 9.47 Å². The lowest BCUT2D eigenvalue weighted by Crippen LogP contribution is -2.28. The molecule has 0 amide bonds. The minimum atomic E-state index is 0.255. The normalized spacial score (nSPS) is 12.6. The number of benzene rings is 1. The Morgan fingerprint density at radius 1 is 1.22 bits per heavy atom. The van der Waals surface area contributed by atoms with Crippen LogP contribution >= 0.6 is 0 Å². The van der Waals surface area contributed by atoms with Gasteiger partial charge >= 0.3 is 0 Å². The lowest BCUT2D eigenvalue weighted by atomic mass is 10.1. The van der Waals surface area contributed by atoms with Crippen molar-refractivity contribution in [2.45, 2.75) is 13.0 Å². The Bertz CT molecular complexity index is 367. The summed E-state index contributed by atoms with van der Waals surface area (Å²) in [5, 5.41) is 3.48. The van der Waals surface area contributed by atoms with Gasteiger partial charge in [-0.3, -0.25) is 0 Å². The highest BCUT2D eigenvalue weighted by Gasteiger charge is 2.11. The van der Waals surface area contributed by atoms with E-state index in [4.69, 9.17) is 9.47 Å². The molecule has 0 bridgehead atoms. The molecule has 0 aliphatic heterocycles. The average Bonchev–Trinajstić information content (AvgIpc) is 2.37. The summed E-state index contributed by atoms with van der Waals surface area (Å²) in [4.78, 5) is 2.16. The van der Waals surface area contributed by atoms with Crippen LogP contribution < -0.4 is 14.8 Å². The number of nitrogens with zero attached hydrogens (tertiary/aromatic N) is 1. The van der Waals surface area contributed by atoms with Crippen LogP contribution in [0.5, 0.6) is 11.5 Å². The van der Waals surface area contributed by atoms with Crippen LogP contribution in [-0.2, 0) is 0 Å². The Morgan fingerprint density at radius 3 is 2.50 bits per heavy atom. The molecule has 0 saturated carbocycles. The van der Waals surface area contributed by atoms with E-state index in [-0.39, 0.29) is 6.04 Å². The second-order valence-electron chi connectivity index (χ2n) is 4.59. The van der Waals surface area contributed by atoms with Crippen LogP contribution in [-0.4, -0.2) is 46.3 Å². The maximum absolute atomic E-state index is 5.41. The van der Waals surface area contributed by atoms with Crippen molar-refractivity contribution in [1.29, 1.82) is 0 Å². The standard InChI is InChI=1S/C14H24N2O2/c1-11(15-8-9-16(2)3)13-7-6-12(17-4)10-14(13)18-5/h6-7,10-11,15H,8-9H2,1-5H3. The summed E-state index contributed by atoms with van der Waals surface area (Å²) in [5.74, 6) is 1.68. The number of likely N-dealkylation sites (N-methyl/N-ethyl adjacent to an activating group) is 1. The lowest BCUT2D eigenvalue weighted by Gasteiger charge is -2.19. The second kappa shape index (κ2) is 7.24. The molecule has 0 aliphatic rings. The van der Waals surface area contributed by atoms with Crippen LogP contribution in [0, 0.1) is 0 Å². The Morgan fingerprint density at radius 2 is 1.94 bits per heavy atom. The van der Waals surface area contributed by atoms with Gasteiger partial charge < -0.3 is 19.7 Å². The Labute approximate surface area is 110 Å². The highest BCUT2D eigenvalue weighted by molar-refractivity contribution is 5.42. The predicted octanol–water partition coefficient (Wildman–Crippen LogP) is 1.92. The number of ether oxygens (including phenoxy) is 2. The van der Waals surface area contributed by atoms with E-state index >= 15 is 0 Å². The van der Waals surface area contributed by atoms with Crippen molar-refractivity contribution in [3.8, 4) is 11.5 Å². The van der Waals surface area contributed by atoms with Gasteiger partial charge in [0.2, 0.25) is 0 Å². The summed E-state index contributed by atoms with van der Waals surface area (Å²) in [5.41, 5.74) is 1.15. The van der Waals surface area contributed by atoms with E-state index in [2.05, 4.69) is 31.2 Å². The van der Waals surface area contributed by atoms with E-state index in [0.29, 0.717) is 0 Å². The molecule has 1 N–H and O–H groups in total. The summed E-state index contributed by atoms with van der Waals surface area (Å²) in [6.07, 6.45) is 0. The number of hydrogen-bond acceptors (Lipinski definition) is 4. The Hall–Kier alpha value is -1.26. The molecule has 1 rings (SSSR count). The zero-order valence-electron chi connectivity index (χ0n) is 12.0. The van der Waals surface area contributed by atoms with Crippen molar-refractivity contribution in [3.63, 3.8) is 0 Å². The first-order valence-electron chi connectivity index (χ1n) is 6.18. The van der Waals surface area contributed by atoms with Crippen LogP contribution in [0.25, 0.3) is 0 Å². The molecule has 0 heterocycles. The van der Waals surface area contributed by atoms with Crippen LogP contribution in [0.4, 0.5) is 0 Å². The highest BCUT2D eigenvalue weighted by Crippen LogP contribution is 2.29. The molecule has 0 saturated heterocycles. The summed E-state index contributed by atoms with van der Waals surface area (Å²) in [6, 6.07) is 6.18. The predicted molar refractivity (Wildman–Crippen MR) is 74.5 cm³/mol. The van der Waals surface area contributed by atoms with Gasteiger partial charge in [-0.15, -0.1) is 0 Å². The number of rotatable bonds is 7. The first-order chi connectivity index (χ1) is 8.58. The van der Waals surface area contributed by atoms with Crippen LogP contribution in [0.3, 0.4) is 0 Å². The first-order valence-corrected chi connectivity index (χ1v) is 6.18. The molecule has 4 heteroatoms. The van der Waals surface area contributed by atoms with Gasteiger partial charge in [-0.05, 0) is 27.1 Å². The van der Waals surface area contributed by atoms with E-state index < -0.39 is 0 Å². The van der Waals surface area contributed by atoms with E-state index in [1.807, 2.05) is 18.2 Å². The molecule has 0 fully saturated rings. The molecule has 0 aromatic heterocycles. The van der Waals surface area contributed by atoms with Crippen molar-refractivity contribution in [3.05, 3.63) is 23.8 Å². The SMILES string of the molecule is COc1ccc(C(C)NCCN(C)C)c(OC)c1. The van der Waals surface area contributed by atoms with Gasteiger partial charge in [-0.25, -0.2) is 0 Å². The molecule has 0 aliphatic carbocycles. The third kappa shape index (κ3) is 4.20. The van der Waals surface area contributed by atoms with E-state index in [0.717, 1.165) is 30.2 Å². The Balaban J connectivity index is 2.69. The maximum Gasteiger partial charge on any atom is 0.127 e. The van der Waals surface area contributed by atoms with Crippen LogP contribution in [0.15, 0.2) is 18.2 Å². The Kier molecular flexibility index (Phi) is 5.95. The summed E-state index contributed by atoms with van der Waals surface area (Å²) >= 11 is 0. The first kappa shape index (κ1) is 14.8. The molecule has 102 valence electrons. The fourth-order valence-electron chi connectivity index (χ4n) is 1.79. The topological polar surface area (TPSA) is 33.7 Å². The number of hydrogen-bond donors (Lipinski definition) is 1. The molecule has 0 radical (unpaired) electrons. The van der Waals surface area contributed by atoms with Gasteiger partial charge in [0.1, 0.15) is 11.5 Å². The zero-order chi connectivity index (χ0) is 13.5. The van der Waals surface area contributed by atoms with Crippen LogP contribution in [0.2, 0.25) is 0 Å². The quantitative estimate of drug-likeness (QED) is 0.804. The fraction of sp³-hybridized carbons (Fsp3) is 0.571. The van der Waals surface area contributed by atoms with E-state index in [1.165, 1.54) is 0 Å². The van der Waals surface area contributed by atoms with Gasteiger partial charge in [0.05, 0.1) is 14.2 Å². The highest BCUT2D eigenvalue weighted by atomic mass is 16.5. The van der Waals surface area contributed by atoms with Gasteiger partial charge in [-0.1, -0.05) is 6.07 Å². The minimum Gasteiger partial charge on any atom is -0.497 e. The summed E-state index contributed by atoms with van der Waals surface area (Å²) in [7, 11) is 7.48. The average molecular weight is 252 g/mol. The van der Waals surface area contributed by atoms with Gasteiger partial charge in [0, 0.05) is 30.8 Å². The molecule has 1 unspecified atom stereocenters. The molecule has 18 heavy (non-hydrogen) atoms. The molecular formula is C14H24N2O2. The molecule has 1 atom stereocenters. The monoisotopic (exact) mass is 252 g/mol. The molecular weight excluding hydrogens is 228 g/mol. The molecule has 1 aromatic rings. The minimum absolute atomic E-state index is 0.255. The van der Waals surface area contributed by atoms with Crippen molar-refractivity contribution in [2.75, 3.05) is 41.4 Å². The summed E-state index contributed by atoms with van der Waals surface area (Å²) in [6.45, 7) is 4.10. The number of nitrogens with one attached hydrogen (secondary N) is 1. The third-order valence-corrected chi connectivity index (χ3v) is 2.92. The van der Waals surface area contributed by atoms with Gasteiger partial charge in [0.15, 0.2) is 0 Å². The molecule has 4 nitrogen and oxygen atoms in total. The fourth-order valence-corrected chi connectivity index (χ4v) is 1.79. The van der Waals surface area contributed by atoms with Gasteiger partial charge in [-0.2, -0.15) is 0 Å². The lowest BCUT2D eigenvalue weighted by molar-refractivity contribution is 0.374. The largest absolute Gasteiger partial charge is 0.497 e. The zero-order valence-corrected chi connectivity index (χ0v) is 12.0. The molecule has 1 aromatic carbocycles. The van der Waals surface area contributed by atoms with Crippen LogP contribution in [0.1, 0.15) is 18.5 Å². The van der Waals surface area contributed by atoms with E-state index in [9.17, 15) is 0 Å².